The Morgan fingerprint density at radius 3 is 2.71 bits per heavy atom. The van der Waals surface area contributed by atoms with Crippen molar-refractivity contribution in [2.45, 2.75) is 6.92 Å². The number of hydrogen-bond acceptors (Lipinski definition) is 0. The van der Waals surface area contributed by atoms with E-state index in [1.807, 2.05) is 35.5 Å². The second-order valence-electron chi connectivity index (χ2n) is 4.06. The molecule has 85 valence electrons. The summed E-state index contributed by atoms with van der Waals surface area (Å²) in [6, 6.07) is 2.30. The summed E-state index contributed by atoms with van der Waals surface area (Å²) in [5, 5.41) is 1.12. The molecule has 0 atom stereocenters. The van der Waals surface area contributed by atoms with Crippen molar-refractivity contribution in [1.82, 2.24) is 4.57 Å². The van der Waals surface area contributed by atoms with Crippen molar-refractivity contribution < 1.29 is 45.9 Å². The van der Waals surface area contributed by atoms with E-state index in [9.17, 15) is 8.78 Å². The van der Waals surface area contributed by atoms with E-state index in [0.29, 0.717) is 10.8 Å². The molecule has 0 fully saturated rings. The molecular formula is C12H10F2N2Y. The molecule has 17 heavy (non-hydrogen) atoms. The average molecular weight is 309 g/mol. The van der Waals surface area contributed by atoms with Gasteiger partial charge in [-0.2, -0.15) is 0 Å². The molecule has 0 aliphatic carbocycles. The van der Waals surface area contributed by atoms with Crippen LogP contribution in [-0.2, 0) is 39.8 Å². The SMILES string of the molecule is C[c-]1c2cc(F)cc(F)c2c2cn(C)c[n+]21.[Y]. The Morgan fingerprint density at radius 2 is 2.00 bits per heavy atom. The number of fused-ring (bicyclic) bond motifs is 3. The van der Waals surface area contributed by atoms with Gasteiger partial charge in [0.1, 0.15) is 0 Å². The molecule has 0 amide bonds. The van der Waals surface area contributed by atoms with E-state index in [4.69, 9.17) is 0 Å². The van der Waals surface area contributed by atoms with Gasteiger partial charge in [0.05, 0.1) is 30.4 Å². The summed E-state index contributed by atoms with van der Waals surface area (Å²) < 4.78 is 30.6. The van der Waals surface area contributed by atoms with Crippen LogP contribution in [0.1, 0.15) is 5.69 Å². The molecule has 2 aromatic heterocycles. The standard InChI is InChI=1S/C12H10F2N2.Y/c1-7-9-3-8(13)4-10(14)12(9)11-5-15(2)6-16(7)11;/h3-6H,1-2H3;. The molecule has 0 saturated carbocycles. The maximum Gasteiger partial charge on any atom is 0.185 e. The smallest absolute Gasteiger partial charge is 0.185 e. The summed E-state index contributed by atoms with van der Waals surface area (Å²) in [6.45, 7) is 1.86. The fourth-order valence-corrected chi connectivity index (χ4v) is 2.23. The number of halogens is 2. The number of rotatable bonds is 0. The number of aromatic nitrogens is 2. The predicted molar refractivity (Wildman–Crippen MR) is 56.3 cm³/mol. The van der Waals surface area contributed by atoms with Crippen LogP contribution in [0.3, 0.4) is 0 Å². The van der Waals surface area contributed by atoms with E-state index in [1.165, 1.54) is 6.07 Å². The van der Waals surface area contributed by atoms with Crippen LogP contribution in [-0.4, -0.2) is 4.57 Å². The van der Waals surface area contributed by atoms with E-state index in [-0.39, 0.29) is 32.7 Å². The average Bonchev–Trinajstić information content (AvgIpc) is 2.66. The molecule has 3 rings (SSSR count). The largest absolute Gasteiger partial charge is 0.302 e. The summed E-state index contributed by atoms with van der Waals surface area (Å²) in [7, 11) is 1.87. The van der Waals surface area contributed by atoms with Gasteiger partial charge in [-0.25, -0.2) is 8.78 Å². The van der Waals surface area contributed by atoms with Crippen molar-refractivity contribution in [1.29, 1.82) is 0 Å². The molecule has 0 bridgehead atoms. The maximum atomic E-state index is 13.7. The van der Waals surface area contributed by atoms with E-state index in [2.05, 4.69) is 0 Å². The van der Waals surface area contributed by atoms with Gasteiger partial charge in [0.2, 0.25) is 0 Å². The van der Waals surface area contributed by atoms with Crippen LogP contribution in [0.5, 0.6) is 0 Å². The molecule has 0 aliphatic heterocycles. The number of imidazole rings is 1. The minimum Gasteiger partial charge on any atom is -0.302 e. The Hall–Kier alpha value is -0.736. The van der Waals surface area contributed by atoms with Crippen LogP contribution in [0.4, 0.5) is 8.78 Å². The second kappa shape index (κ2) is 4.18. The second-order valence-corrected chi connectivity index (χ2v) is 4.06. The van der Waals surface area contributed by atoms with E-state index >= 15 is 0 Å². The van der Waals surface area contributed by atoms with Crippen LogP contribution in [0.2, 0.25) is 0 Å². The molecule has 0 aliphatic rings. The van der Waals surface area contributed by atoms with Gasteiger partial charge >= 0.3 is 0 Å². The topological polar surface area (TPSA) is 9.03 Å². The summed E-state index contributed by atoms with van der Waals surface area (Å²) in [5.74, 6) is -1.04. The number of benzene rings is 1. The van der Waals surface area contributed by atoms with Crippen LogP contribution in [0.15, 0.2) is 24.7 Å². The summed E-state index contributed by atoms with van der Waals surface area (Å²) in [4.78, 5) is 0. The van der Waals surface area contributed by atoms with Gasteiger partial charge in [0.15, 0.2) is 6.33 Å². The number of nitrogens with zero attached hydrogens (tertiary/aromatic N) is 2. The monoisotopic (exact) mass is 309 g/mol. The first kappa shape index (κ1) is 12.7. The minimum absolute atomic E-state index is 0. The maximum absolute atomic E-state index is 13.7. The van der Waals surface area contributed by atoms with Crippen LogP contribution in [0, 0.1) is 18.6 Å². The molecular weight excluding hydrogens is 299 g/mol. The Labute approximate surface area is 122 Å². The van der Waals surface area contributed by atoms with E-state index in [1.54, 1.807) is 0 Å². The Morgan fingerprint density at radius 1 is 1.29 bits per heavy atom. The van der Waals surface area contributed by atoms with Crippen molar-refractivity contribution in [2.75, 3.05) is 0 Å². The van der Waals surface area contributed by atoms with Gasteiger partial charge < -0.3 is 4.40 Å². The third-order valence-corrected chi connectivity index (χ3v) is 2.95. The zero-order valence-electron chi connectivity index (χ0n) is 9.54. The van der Waals surface area contributed by atoms with Crippen molar-refractivity contribution >= 4 is 16.3 Å². The molecule has 0 spiro atoms. The first-order valence-electron chi connectivity index (χ1n) is 4.99. The molecule has 3 aromatic rings. The molecule has 0 saturated heterocycles. The van der Waals surface area contributed by atoms with Crippen LogP contribution in [0.25, 0.3) is 16.3 Å². The molecule has 1 radical (unpaired) electrons. The molecule has 2 nitrogen and oxygen atoms in total. The van der Waals surface area contributed by atoms with E-state index in [0.717, 1.165) is 17.3 Å². The summed E-state index contributed by atoms with van der Waals surface area (Å²) in [6.07, 6.45) is 3.68. The Kier molecular flexibility index (Phi) is 3.12. The van der Waals surface area contributed by atoms with Gasteiger partial charge in [-0.1, -0.05) is 11.5 Å². The minimum atomic E-state index is -0.536. The number of aryl methyl sites for hydroxylation is 2. The van der Waals surface area contributed by atoms with Gasteiger partial charge in [-0.15, -0.1) is 0 Å². The van der Waals surface area contributed by atoms with Crippen molar-refractivity contribution in [3.8, 4) is 0 Å². The quantitative estimate of drug-likeness (QED) is 0.445. The molecule has 2 heterocycles. The normalized spacial score (nSPS) is 11.1. The summed E-state index contributed by atoms with van der Waals surface area (Å²) in [5.41, 5.74) is 1.62. The predicted octanol–water partition coefficient (Wildman–Crippen LogP) is 2.22. The molecule has 0 unspecified atom stereocenters. The van der Waals surface area contributed by atoms with Gasteiger partial charge in [0, 0.05) is 38.4 Å². The van der Waals surface area contributed by atoms with E-state index < -0.39 is 11.6 Å². The summed E-state index contributed by atoms with van der Waals surface area (Å²) >= 11 is 0. The number of hydrogen-bond donors (Lipinski definition) is 0. The fraction of sp³-hybridized carbons (Fsp3) is 0.167. The zero-order valence-corrected chi connectivity index (χ0v) is 12.4. The first-order valence-corrected chi connectivity index (χ1v) is 4.99. The first-order chi connectivity index (χ1) is 7.58. The Bertz CT molecular complexity index is 712. The van der Waals surface area contributed by atoms with Gasteiger partial charge in [-0.05, 0) is 18.4 Å². The van der Waals surface area contributed by atoms with Crippen LogP contribution < -0.4 is 4.40 Å². The van der Waals surface area contributed by atoms with Crippen molar-refractivity contribution in [3.05, 3.63) is 42.0 Å². The van der Waals surface area contributed by atoms with Gasteiger partial charge in [0.25, 0.3) is 0 Å². The third-order valence-electron chi connectivity index (χ3n) is 2.95. The molecule has 1 aromatic carbocycles. The zero-order chi connectivity index (χ0) is 11.4. The van der Waals surface area contributed by atoms with Crippen LogP contribution >= 0.6 is 0 Å². The third kappa shape index (κ3) is 1.74. The van der Waals surface area contributed by atoms with Crippen molar-refractivity contribution in [3.63, 3.8) is 0 Å². The van der Waals surface area contributed by atoms with Gasteiger partial charge in [-0.3, -0.25) is 4.57 Å². The van der Waals surface area contributed by atoms with Crippen molar-refractivity contribution in [2.24, 2.45) is 7.05 Å². The molecule has 0 N–H and O–H groups in total. The molecule has 5 heteroatoms. The fourth-order valence-electron chi connectivity index (χ4n) is 2.23. The Balaban J connectivity index is 0.00000108.